The molecule has 1 N–H and O–H groups in total. The average molecular weight is 633 g/mol. The largest absolute Gasteiger partial charge is 0.496 e. The Kier molecular flexibility index (Phi) is 8.89. The normalized spacial score (nSPS) is 17.4. The van der Waals surface area contributed by atoms with Crippen LogP contribution in [0.4, 0.5) is 8.78 Å². The van der Waals surface area contributed by atoms with Gasteiger partial charge in [0.25, 0.3) is 5.91 Å². The van der Waals surface area contributed by atoms with Crippen molar-refractivity contribution in [3.63, 3.8) is 0 Å². The quantitative estimate of drug-likeness (QED) is 0.225. The van der Waals surface area contributed by atoms with E-state index in [1.54, 1.807) is 23.1 Å². The fraction of sp³-hybridized carbons (Fsp3) is 0.323. The van der Waals surface area contributed by atoms with E-state index in [9.17, 15) is 22.0 Å². The summed E-state index contributed by atoms with van der Waals surface area (Å²) >= 11 is 7.39. The van der Waals surface area contributed by atoms with Crippen molar-refractivity contribution in [1.82, 2.24) is 10.2 Å². The number of amides is 1. The van der Waals surface area contributed by atoms with Crippen molar-refractivity contribution in [3.8, 4) is 16.9 Å². The highest BCUT2D eigenvalue weighted by atomic mass is 35.5. The highest BCUT2D eigenvalue weighted by molar-refractivity contribution is 7.90. The maximum Gasteiger partial charge on any atom is 0.266 e. The van der Waals surface area contributed by atoms with Gasteiger partial charge in [-0.25, -0.2) is 17.2 Å². The zero-order chi connectivity index (χ0) is 30.2. The molecule has 0 spiro atoms. The molecule has 0 bridgehead atoms. The molecule has 1 aromatic heterocycles. The number of nitrogens with one attached hydrogen (secondary N) is 1. The van der Waals surface area contributed by atoms with Crippen molar-refractivity contribution in [2.24, 2.45) is 0 Å². The molecule has 3 aromatic carbocycles. The van der Waals surface area contributed by atoms with Crippen LogP contribution >= 0.6 is 22.9 Å². The van der Waals surface area contributed by atoms with E-state index in [0.29, 0.717) is 17.4 Å². The Morgan fingerprint density at radius 3 is 2.38 bits per heavy atom. The van der Waals surface area contributed by atoms with Gasteiger partial charge >= 0.3 is 0 Å². The molecule has 0 unspecified atom stereocenters. The molecule has 1 amide bonds. The summed E-state index contributed by atoms with van der Waals surface area (Å²) in [6, 6.07) is 14.5. The van der Waals surface area contributed by atoms with E-state index >= 15 is 0 Å². The smallest absolute Gasteiger partial charge is 0.266 e. The Balaban J connectivity index is 1.52. The summed E-state index contributed by atoms with van der Waals surface area (Å²) in [7, 11) is 0.0757. The van der Waals surface area contributed by atoms with Crippen LogP contribution in [-0.2, 0) is 16.4 Å². The van der Waals surface area contributed by atoms with Gasteiger partial charge in [-0.15, -0.1) is 11.3 Å². The molecule has 1 aliphatic carbocycles. The van der Waals surface area contributed by atoms with Crippen LogP contribution in [-0.4, -0.2) is 51.7 Å². The van der Waals surface area contributed by atoms with E-state index in [-0.39, 0.29) is 43.4 Å². The van der Waals surface area contributed by atoms with E-state index in [1.807, 2.05) is 31.3 Å². The van der Waals surface area contributed by atoms with Crippen molar-refractivity contribution in [1.29, 1.82) is 0 Å². The minimum absolute atomic E-state index is 0.0143. The van der Waals surface area contributed by atoms with Crippen molar-refractivity contribution < 1.29 is 26.7 Å². The van der Waals surface area contributed by atoms with Gasteiger partial charge in [-0.2, -0.15) is 0 Å². The third-order valence-corrected chi connectivity index (χ3v) is 10.7. The highest BCUT2D eigenvalue weighted by Gasteiger charge is 2.33. The Labute approximate surface area is 253 Å². The predicted molar refractivity (Wildman–Crippen MR) is 163 cm³/mol. The molecule has 0 aliphatic heterocycles. The lowest BCUT2D eigenvalue weighted by Crippen LogP contribution is -2.44. The summed E-state index contributed by atoms with van der Waals surface area (Å²) in [6.45, 7) is 0.191. The number of ether oxygens (including phenoxy) is 1. The van der Waals surface area contributed by atoms with Gasteiger partial charge in [-0.1, -0.05) is 35.9 Å². The molecule has 0 radical (unpaired) electrons. The lowest BCUT2D eigenvalue weighted by atomic mass is 9.89. The summed E-state index contributed by atoms with van der Waals surface area (Å²) in [4.78, 5) is 16.2. The Morgan fingerprint density at radius 2 is 1.74 bits per heavy atom. The van der Waals surface area contributed by atoms with Crippen molar-refractivity contribution >= 4 is 48.8 Å². The van der Waals surface area contributed by atoms with Crippen molar-refractivity contribution in [2.75, 3.05) is 20.4 Å². The third-order valence-electron chi connectivity index (χ3n) is 7.91. The first kappa shape index (κ1) is 30.4. The first-order valence-electron chi connectivity index (χ1n) is 13.5. The maximum absolute atomic E-state index is 14.6. The van der Waals surface area contributed by atoms with E-state index in [2.05, 4.69) is 5.32 Å². The topological polar surface area (TPSA) is 75.7 Å². The van der Waals surface area contributed by atoms with Crippen LogP contribution < -0.4 is 10.1 Å². The van der Waals surface area contributed by atoms with Gasteiger partial charge in [0.05, 0.1) is 27.1 Å². The number of fused-ring (bicyclic) bond motifs is 1. The molecule has 11 heteroatoms. The standard InChI is InChI=1S/C31H31ClF2N2O4S2/c1-35-21-9-11-22(12-10-21)36(31(37)30-28(32)27-24(33)13-14-25(34)29(27)41-30)17-20-8-7-19(16-26(20)40-2)18-5-4-6-23(15-18)42(3,38)39/h4-8,13-16,21-22,35H,9-12,17H2,1-3H3. The van der Waals surface area contributed by atoms with Gasteiger partial charge < -0.3 is 15.0 Å². The minimum Gasteiger partial charge on any atom is -0.496 e. The minimum atomic E-state index is -3.38. The monoisotopic (exact) mass is 632 g/mol. The van der Waals surface area contributed by atoms with Crippen LogP contribution in [0.25, 0.3) is 21.2 Å². The van der Waals surface area contributed by atoms with Crippen molar-refractivity contribution in [3.05, 3.63) is 81.7 Å². The van der Waals surface area contributed by atoms with Gasteiger partial charge in [0.15, 0.2) is 9.84 Å². The Morgan fingerprint density at radius 1 is 1.05 bits per heavy atom. The lowest BCUT2D eigenvalue weighted by molar-refractivity contribution is 0.0604. The van der Waals surface area contributed by atoms with E-state index in [4.69, 9.17) is 16.3 Å². The SMILES string of the molecule is CNC1CCC(N(Cc2ccc(-c3cccc(S(C)(=O)=O)c3)cc2OC)C(=O)c2sc3c(F)ccc(F)c3c2Cl)CC1. The van der Waals surface area contributed by atoms with E-state index in [1.165, 1.54) is 7.11 Å². The number of nitrogens with zero attached hydrogens (tertiary/aromatic N) is 1. The second-order valence-electron chi connectivity index (χ2n) is 10.5. The number of sulfone groups is 1. The number of halogens is 3. The molecule has 1 heterocycles. The number of carbonyl (C=O) groups is 1. The van der Waals surface area contributed by atoms with Gasteiger partial charge in [0.2, 0.25) is 0 Å². The molecular formula is C31H31ClF2N2O4S2. The van der Waals surface area contributed by atoms with E-state index < -0.39 is 21.5 Å². The number of hydrogen-bond acceptors (Lipinski definition) is 6. The number of hydrogen-bond donors (Lipinski definition) is 1. The summed E-state index contributed by atoms with van der Waals surface area (Å²) in [5.74, 6) is -1.17. The van der Waals surface area contributed by atoms with Gasteiger partial charge in [0.1, 0.15) is 22.3 Å². The predicted octanol–water partition coefficient (Wildman–Crippen LogP) is 7.09. The number of benzene rings is 3. The summed E-state index contributed by atoms with van der Waals surface area (Å²) < 4.78 is 59.1. The highest BCUT2D eigenvalue weighted by Crippen LogP contribution is 2.40. The Bertz CT molecular complexity index is 1750. The molecule has 5 rings (SSSR count). The molecule has 6 nitrogen and oxygen atoms in total. The number of carbonyl (C=O) groups excluding carboxylic acids is 1. The van der Waals surface area contributed by atoms with Crippen LogP contribution in [0, 0.1) is 11.6 Å². The first-order valence-corrected chi connectivity index (χ1v) is 16.6. The van der Waals surface area contributed by atoms with Gasteiger partial charge in [-0.3, -0.25) is 4.79 Å². The average Bonchev–Trinajstić information content (AvgIpc) is 3.35. The first-order chi connectivity index (χ1) is 20.0. The fourth-order valence-electron chi connectivity index (χ4n) is 5.55. The van der Waals surface area contributed by atoms with Gasteiger partial charge in [0, 0.05) is 30.4 Å². The van der Waals surface area contributed by atoms with E-state index in [0.717, 1.165) is 66.5 Å². The van der Waals surface area contributed by atoms with Crippen LogP contribution in [0.3, 0.4) is 0 Å². The molecule has 42 heavy (non-hydrogen) atoms. The summed E-state index contributed by atoms with van der Waals surface area (Å²) in [5.41, 5.74) is 2.20. The van der Waals surface area contributed by atoms with Gasteiger partial charge in [-0.05, 0) is 74.2 Å². The molecular weight excluding hydrogens is 602 g/mol. The maximum atomic E-state index is 14.6. The second-order valence-corrected chi connectivity index (χ2v) is 13.9. The molecule has 222 valence electrons. The molecule has 4 aromatic rings. The lowest BCUT2D eigenvalue weighted by Gasteiger charge is -2.37. The van der Waals surface area contributed by atoms with Crippen LogP contribution in [0.5, 0.6) is 5.75 Å². The number of methoxy groups -OCH3 is 1. The van der Waals surface area contributed by atoms with Crippen LogP contribution in [0.15, 0.2) is 59.5 Å². The molecule has 1 saturated carbocycles. The molecule has 1 fully saturated rings. The zero-order valence-corrected chi connectivity index (χ0v) is 25.8. The number of rotatable bonds is 8. The summed E-state index contributed by atoms with van der Waals surface area (Å²) in [5, 5.41) is 3.14. The van der Waals surface area contributed by atoms with Crippen LogP contribution in [0.1, 0.15) is 40.9 Å². The zero-order valence-electron chi connectivity index (χ0n) is 23.4. The molecule has 1 aliphatic rings. The second kappa shape index (κ2) is 12.3. The third kappa shape index (κ3) is 6.04. The van der Waals surface area contributed by atoms with Crippen LogP contribution in [0.2, 0.25) is 5.02 Å². The number of thiophene rings is 1. The Hall–Kier alpha value is -3.05. The molecule has 0 atom stereocenters. The summed E-state index contributed by atoms with van der Waals surface area (Å²) in [6.07, 6.45) is 4.42. The van der Waals surface area contributed by atoms with Crippen molar-refractivity contribution in [2.45, 2.75) is 49.2 Å². The fourth-order valence-corrected chi connectivity index (χ4v) is 7.73. The molecule has 0 saturated heterocycles.